The van der Waals surface area contributed by atoms with Crippen LogP contribution in [0.2, 0.25) is 0 Å². The van der Waals surface area contributed by atoms with Gasteiger partial charge in [0.15, 0.2) is 12.4 Å². The summed E-state index contributed by atoms with van der Waals surface area (Å²) in [6.45, 7) is 0.836. The summed E-state index contributed by atoms with van der Waals surface area (Å²) in [7, 11) is 1.50. The molecule has 0 unspecified atom stereocenters. The zero-order valence-corrected chi connectivity index (χ0v) is 20.2. The van der Waals surface area contributed by atoms with E-state index in [1.807, 2.05) is 97.1 Å². The second-order valence-corrected chi connectivity index (χ2v) is 8.56. The number of ether oxygens (including phenoxy) is 5. The number of aliphatic hydroxyl groups is 1. The monoisotopic (exact) mass is 489 g/mol. The zero-order chi connectivity index (χ0) is 25.2. The fraction of sp³-hybridized carbons (Fsp3) is 0.345. The van der Waals surface area contributed by atoms with E-state index in [1.54, 1.807) is 0 Å². The maximum Gasteiger partial charge on any atom is 0.186 e. The maximum absolute atomic E-state index is 10.5. The standard InChI is InChI=1S/C29H31NO6/c1-32-29-28(35-20-23-15-9-4-10-16-23)27(34-19-22-13-7-3-8-14-22)26(25(36-29)24(31)17-30)33-18-21-11-5-2-6-12-21/h2-16,24-29,31H,18-20H2,1H3/t24-,25+,26+,27-,28-,29-/m1/s1. The molecule has 0 radical (unpaired) electrons. The van der Waals surface area contributed by atoms with Gasteiger partial charge in [0.2, 0.25) is 0 Å². The molecular weight excluding hydrogens is 458 g/mol. The lowest BCUT2D eigenvalue weighted by atomic mass is 9.94. The fourth-order valence-corrected chi connectivity index (χ4v) is 4.21. The van der Waals surface area contributed by atoms with Gasteiger partial charge in [-0.25, -0.2) is 0 Å². The summed E-state index contributed by atoms with van der Waals surface area (Å²) in [6, 6.07) is 31.1. The van der Waals surface area contributed by atoms with Crippen LogP contribution >= 0.6 is 0 Å². The lowest BCUT2D eigenvalue weighted by Gasteiger charge is -2.46. The van der Waals surface area contributed by atoms with Crippen LogP contribution in [0.5, 0.6) is 0 Å². The van der Waals surface area contributed by atoms with E-state index in [0.29, 0.717) is 6.61 Å². The van der Waals surface area contributed by atoms with Crippen molar-refractivity contribution in [2.45, 2.75) is 56.6 Å². The first-order chi connectivity index (χ1) is 17.7. The molecule has 7 heteroatoms. The lowest BCUT2D eigenvalue weighted by Crippen LogP contribution is -2.63. The van der Waals surface area contributed by atoms with Crippen molar-refractivity contribution >= 4 is 0 Å². The summed E-state index contributed by atoms with van der Waals surface area (Å²) < 4.78 is 30.6. The molecule has 6 atom stereocenters. The first-order valence-electron chi connectivity index (χ1n) is 11.9. The summed E-state index contributed by atoms with van der Waals surface area (Å²) in [4.78, 5) is 0. The molecular formula is C29H31NO6. The van der Waals surface area contributed by atoms with Crippen LogP contribution in [0.4, 0.5) is 0 Å². The first-order valence-corrected chi connectivity index (χ1v) is 11.9. The van der Waals surface area contributed by atoms with E-state index in [4.69, 9.17) is 23.7 Å². The van der Waals surface area contributed by atoms with Crippen LogP contribution in [-0.4, -0.2) is 49.0 Å². The van der Waals surface area contributed by atoms with E-state index < -0.39 is 36.8 Å². The summed E-state index contributed by atoms with van der Waals surface area (Å²) in [6.07, 6.45) is -5.48. The summed E-state index contributed by atoms with van der Waals surface area (Å²) in [5.41, 5.74) is 2.90. The highest BCUT2D eigenvalue weighted by Gasteiger charge is 2.51. The van der Waals surface area contributed by atoms with E-state index in [2.05, 4.69) is 0 Å². The minimum atomic E-state index is -1.44. The molecule has 36 heavy (non-hydrogen) atoms. The van der Waals surface area contributed by atoms with Gasteiger partial charge in [-0.3, -0.25) is 0 Å². The Labute approximate surface area is 211 Å². The van der Waals surface area contributed by atoms with Gasteiger partial charge in [-0.05, 0) is 16.7 Å². The highest BCUT2D eigenvalue weighted by Crippen LogP contribution is 2.32. The van der Waals surface area contributed by atoms with Crippen molar-refractivity contribution in [3.8, 4) is 6.07 Å². The number of benzene rings is 3. The Balaban J connectivity index is 1.62. The molecule has 0 aliphatic carbocycles. The molecule has 0 aromatic heterocycles. The van der Waals surface area contributed by atoms with Gasteiger partial charge in [-0.15, -0.1) is 0 Å². The van der Waals surface area contributed by atoms with E-state index in [-0.39, 0.29) is 13.2 Å². The van der Waals surface area contributed by atoms with Gasteiger partial charge in [0.25, 0.3) is 0 Å². The molecule has 0 amide bonds. The second-order valence-electron chi connectivity index (χ2n) is 8.56. The zero-order valence-electron chi connectivity index (χ0n) is 20.2. The van der Waals surface area contributed by atoms with Crippen molar-refractivity contribution < 1.29 is 28.8 Å². The third-order valence-electron chi connectivity index (χ3n) is 6.06. The van der Waals surface area contributed by atoms with Crippen LogP contribution in [0.25, 0.3) is 0 Å². The second kappa shape index (κ2) is 13.3. The number of rotatable bonds is 11. The summed E-state index contributed by atoms with van der Waals surface area (Å²) >= 11 is 0. The average molecular weight is 490 g/mol. The van der Waals surface area contributed by atoms with Gasteiger partial charge >= 0.3 is 0 Å². The largest absolute Gasteiger partial charge is 0.375 e. The van der Waals surface area contributed by atoms with Crippen molar-refractivity contribution in [1.82, 2.24) is 0 Å². The van der Waals surface area contributed by atoms with Gasteiger partial charge in [0, 0.05) is 7.11 Å². The van der Waals surface area contributed by atoms with Crippen LogP contribution in [0.15, 0.2) is 91.0 Å². The summed E-state index contributed by atoms with van der Waals surface area (Å²) in [5.74, 6) is 0. The quantitative estimate of drug-likeness (QED) is 0.407. The molecule has 4 rings (SSSR count). The third-order valence-corrected chi connectivity index (χ3v) is 6.06. The van der Waals surface area contributed by atoms with E-state index in [9.17, 15) is 10.4 Å². The van der Waals surface area contributed by atoms with E-state index >= 15 is 0 Å². The van der Waals surface area contributed by atoms with Gasteiger partial charge < -0.3 is 28.8 Å². The predicted molar refractivity (Wildman–Crippen MR) is 132 cm³/mol. The van der Waals surface area contributed by atoms with Crippen LogP contribution < -0.4 is 0 Å². The molecule has 188 valence electrons. The van der Waals surface area contributed by atoms with Crippen molar-refractivity contribution in [3.63, 3.8) is 0 Å². The molecule has 0 spiro atoms. The smallest absolute Gasteiger partial charge is 0.186 e. The van der Waals surface area contributed by atoms with Crippen LogP contribution in [-0.2, 0) is 43.5 Å². The predicted octanol–water partition coefficient (Wildman–Crippen LogP) is 4.00. The van der Waals surface area contributed by atoms with Crippen LogP contribution in [0, 0.1) is 11.3 Å². The van der Waals surface area contributed by atoms with Crippen LogP contribution in [0.1, 0.15) is 16.7 Å². The molecule has 3 aromatic carbocycles. The average Bonchev–Trinajstić information content (AvgIpc) is 2.94. The molecule has 1 N–H and O–H groups in total. The highest BCUT2D eigenvalue weighted by molar-refractivity contribution is 5.16. The normalized spacial score (nSPS) is 24.6. The van der Waals surface area contributed by atoms with E-state index in [0.717, 1.165) is 16.7 Å². The number of aliphatic hydroxyl groups excluding tert-OH is 1. The van der Waals surface area contributed by atoms with Crippen LogP contribution in [0.3, 0.4) is 0 Å². The third kappa shape index (κ3) is 6.77. The molecule has 7 nitrogen and oxygen atoms in total. The molecule has 1 heterocycles. The van der Waals surface area contributed by atoms with Crippen molar-refractivity contribution in [1.29, 1.82) is 5.26 Å². The maximum atomic E-state index is 10.5. The Morgan fingerprint density at radius 1 is 0.722 bits per heavy atom. The van der Waals surface area contributed by atoms with Gasteiger partial charge in [0.1, 0.15) is 24.4 Å². The lowest BCUT2D eigenvalue weighted by molar-refractivity contribution is -0.326. The van der Waals surface area contributed by atoms with Crippen molar-refractivity contribution in [3.05, 3.63) is 108 Å². The number of nitrogens with zero attached hydrogens (tertiary/aromatic N) is 1. The molecule has 1 fully saturated rings. The highest BCUT2D eigenvalue weighted by atomic mass is 16.7. The number of methoxy groups -OCH3 is 1. The molecule has 0 bridgehead atoms. The molecule has 1 aliphatic heterocycles. The Hall–Kier alpha value is -3.09. The first kappa shape index (κ1) is 26.0. The molecule has 0 saturated carbocycles. The minimum absolute atomic E-state index is 0.248. The number of hydrogen-bond acceptors (Lipinski definition) is 7. The Morgan fingerprint density at radius 3 is 1.56 bits per heavy atom. The number of nitriles is 1. The summed E-state index contributed by atoms with van der Waals surface area (Å²) in [5, 5.41) is 20.1. The molecule has 1 aliphatic rings. The fourth-order valence-electron chi connectivity index (χ4n) is 4.21. The Kier molecular flexibility index (Phi) is 9.59. The topological polar surface area (TPSA) is 90.2 Å². The van der Waals surface area contributed by atoms with E-state index in [1.165, 1.54) is 7.11 Å². The minimum Gasteiger partial charge on any atom is -0.375 e. The van der Waals surface area contributed by atoms with Crippen molar-refractivity contribution in [2.24, 2.45) is 0 Å². The molecule has 1 saturated heterocycles. The Bertz CT molecular complexity index is 1080. The Morgan fingerprint density at radius 2 is 1.14 bits per heavy atom. The van der Waals surface area contributed by atoms with Gasteiger partial charge in [0.05, 0.1) is 25.9 Å². The SMILES string of the molecule is CO[C@@H]1O[C@@H]([C@H](O)C#N)[C@H](OCc2ccccc2)[C@@H](OCc2ccccc2)[C@H]1OCc1ccccc1. The molecule has 3 aromatic rings. The van der Waals surface area contributed by atoms with Crippen molar-refractivity contribution in [2.75, 3.05) is 7.11 Å². The number of hydrogen-bond donors (Lipinski definition) is 1. The van der Waals surface area contributed by atoms with Gasteiger partial charge in [-0.2, -0.15) is 5.26 Å². The van der Waals surface area contributed by atoms with Gasteiger partial charge in [-0.1, -0.05) is 91.0 Å².